The van der Waals surface area contributed by atoms with Crippen molar-refractivity contribution in [3.63, 3.8) is 0 Å². The molecule has 11 heteroatoms. The molecule has 1 aliphatic rings. The third-order valence-corrected chi connectivity index (χ3v) is 7.41. The van der Waals surface area contributed by atoms with Gasteiger partial charge in [-0.05, 0) is 68.8 Å². The SMILES string of the molecule is Cc1cc([C@@H](C)Nc2ccc(Cl)nc2C(=O)O)c2nc(N3CCN(c4ccc(C#N)cc4)CC3C)c(C#N)nc2c1. The van der Waals surface area contributed by atoms with E-state index < -0.39 is 5.97 Å². The second kappa shape index (κ2) is 11.3. The maximum Gasteiger partial charge on any atom is 0.356 e. The van der Waals surface area contributed by atoms with E-state index in [1.165, 1.54) is 6.07 Å². The fourth-order valence-electron chi connectivity index (χ4n) is 5.21. The number of pyridine rings is 1. The third kappa shape index (κ3) is 5.56. The van der Waals surface area contributed by atoms with Crippen LogP contribution in [0.25, 0.3) is 11.0 Å². The zero-order valence-corrected chi connectivity index (χ0v) is 23.5. The lowest BCUT2D eigenvalue weighted by Crippen LogP contribution is -2.52. The number of benzene rings is 2. The molecule has 0 amide bonds. The molecule has 3 heterocycles. The van der Waals surface area contributed by atoms with Gasteiger partial charge in [-0.2, -0.15) is 10.5 Å². The lowest BCUT2D eigenvalue weighted by Gasteiger charge is -2.41. The number of nitriles is 2. The molecule has 2 aromatic heterocycles. The smallest absolute Gasteiger partial charge is 0.356 e. The number of carboxylic acids is 1. The first-order chi connectivity index (χ1) is 19.7. The van der Waals surface area contributed by atoms with Crippen molar-refractivity contribution in [2.45, 2.75) is 32.9 Å². The van der Waals surface area contributed by atoms with E-state index in [2.05, 4.69) is 39.2 Å². The molecule has 1 aliphatic heterocycles. The number of carbonyl (C=O) groups is 1. The van der Waals surface area contributed by atoms with Crippen LogP contribution in [0.3, 0.4) is 0 Å². The summed E-state index contributed by atoms with van der Waals surface area (Å²) in [5.74, 6) is -0.671. The summed E-state index contributed by atoms with van der Waals surface area (Å²) in [4.78, 5) is 29.8. The van der Waals surface area contributed by atoms with Crippen LogP contribution in [0.15, 0.2) is 48.5 Å². The number of aryl methyl sites for hydroxylation is 1. The highest BCUT2D eigenvalue weighted by atomic mass is 35.5. The van der Waals surface area contributed by atoms with Gasteiger partial charge in [-0.1, -0.05) is 17.7 Å². The molecular formula is C30H27ClN8O2. The average molecular weight is 567 g/mol. The highest BCUT2D eigenvalue weighted by Crippen LogP contribution is 2.32. The van der Waals surface area contributed by atoms with Crippen LogP contribution in [-0.4, -0.2) is 51.7 Å². The second-order valence-corrected chi connectivity index (χ2v) is 10.5. The number of nitrogens with one attached hydrogen (secondary N) is 1. The van der Waals surface area contributed by atoms with Gasteiger partial charge in [0.05, 0.1) is 34.4 Å². The zero-order chi connectivity index (χ0) is 29.3. The number of carboxylic acid groups (broad SMARTS) is 1. The van der Waals surface area contributed by atoms with E-state index >= 15 is 0 Å². The molecule has 2 N–H and O–H groups in total. The van der Waals surface area contributed by atoms with Crippen molar-refractivity contribution >= 4 is 45.8 Å². The van der Waals surface area contributed by atoms with Crippen LogP contribution in [-0.2, 0) is 0 Å². The molecule has 1 saturated heterocycles. The molecule has 4 aromatic rings. The van der Waals surface area contributed by atoms with Crippen LogP contribution in [0, 0.1) is 29.6 Å². The Bertz CT molecular complexity index is 1730. The van der Waals surface area contributed by atoms with Gasteiger partial charge in [0.1, 0.15) is 11.2 Å². The molecule has 5 rings (SSSR count). The molecule has 2 aromatic carbocycles. The van der Waals surface area contributed by atoms with Gasteiger partial charge < -0.3 is 20.2 Å². The first-order valence-electron chi connectivity index (χ1n) is 13.1. The predicted octanol–water partition coefficient (Wildman–Crippen LogP) is 5.32. The highest BCUT2D eigenvalue weighted by molar-refractivity contribution is 6.29. The lowest BCUT2D eigenvalue weighted by molar-refractivity contribution is 0.0691. The quantitative estimate of drug-likeness (QED) is 0.294. The van der Waals surface area contributed by atoms with E-state index in [9.17, 15) is 15.2 Å². The minimum atomic E-state index is -1.19. The van der Waals surface area contributed by atoms with Crippen molar-refractivity contribution in [1.82, 2.24) is 15.0 Å². The summed E-state index contributed by atoms with van der Waals surface area (Å²) in [7, 11) is 0. The molecule has 1 unspecified atom stereocenters. The first kappa shape index (κ1) is 27.6. The van der Waals surface area contributed by atoms with Gasteiger partial charge in [0, 0.05) is 36.9 Å². The van der Waals surface area contributed by atoms with E-state index in [1.54, 1.807) is 6.07 Å². The largest absolute Gasteiger partial charge is 0.476 e. The van der Waals surface area contributed by atoms with Crippen molar-refractivity contribution in [2.24, 2.45) is 0 Å². The maximum absolute atomic E-state index is 11.8. The van der Waals surface area contributed by atoms with Crippen LogP contribution in [0.2, 0.25) is 5.15 Å². The Morgan fingerprint density at radius 2 is 1.85 bits per heavy atom. The summed E-state index contributed by atoms with van der Waals surface area (Å²) in [6, 6.07) is 18.6. The highest BCUT2D eigenvalue weighted by Gasteiger charge is 2.28. The number of rotatable bonds is 6. The molecule has 0 saturated carbocycles. The predicted molar refractivity (Wildman–Crippen MR) is 157 cm³/mol. The van der Waals surface area contributed by atoms with Crippen molar-refractivity contribution in [3.8, 4) is 12.1 Å². The molecule has 10 nitrogen and oxygen atoms in total. The van der Waals surface area contributed by atoms with Gasteiger partial charge in [0.15, 0.2) is 17.2 Å². The Kier molecular flexibility index (Phi) is 7.60. The molecule has 41 heavy (non-hydrogen) atoms. The summed E-state index contributed by atoms with van der Waals surface area (Å²) in [6.45, 7) is 7.98. The fourth-order valence-corrected chi connectivity index (χ4v) is 5.36. The van der Waals surface area contributed by atoms with Gasteiger partial charge in [-0.15, -0.1) is 0 Å². The van der Waals surface area contributed by atoms with Gasteiger partial charge in [0.2, 0.25) is 0 Å². The normalized spacial score (nSPS) is 15.7. The number of aromatic carboxylic acids is 1. The fraction of sp³-hybridized carbons (Fsp3) is 0.267. The second-order valence-electron chi connectivity index (χ2n) is 10.1. The Morgan fingerprint density at radius 1 is 1.10 bits per heavy atom. The van der Waals surface area contributed by atoms with E-state index in [-0.39, 0.29) is 28.6 Å². The minimum absolute atomic E-state index is 0.0287. The summed E-state index contributed by atoms with van der Waals surface area (Å²) >= 11 is 5.93. The molecule has 206 valence electrons. The van der Waals surface area contributed by atoms with E-state index in [0.29, 0.717) is 47.7 Å². The molecule has 2 atom stereocenters. The average Bonchev–Trinajstić information content (AvgIpc) is 2.96. The number of aromatic nitrogens is 3. The Balaban J connectivity index is 1.49. The van der Waals surface area contributed by atoms with Gasteiger partial charge in [-0.3, -0.25) is 0 Å². The Morgan fingerprint density at radius 3 is 2.51 bits per heavy atom. The minimum Gasteiger partial charge on any atom is -0.476 e. The number of halogens is 1. The van der Waals surface area contributed by atoms with Gasteiger partial charge >= 0.3 is 5.97 Å². The van der Waals surface area contributed by atoms with E-state index in [4.69, 9.17) is 26.8 Å². The molecule has 1 fully saturated rings. The van der Waals surface area contributed by atoms with E-state index in [1.807, 2.05) is 50.2 Å². The molecule has 0 spiro atoms. The molecule has 0 aliphatic carbocycles. The summed E-state index contributed by atoms with van der Waals surface area (Å²) in [5.41, 5.74) is 5.03. The number of piperazine rings is 1. The van der Waals surface area contributed by atoms with Crippen molar-refractivity contribution in [1.29, 1.82) is 10.5 Å². The molecule has 0 bridgehead atoms. The summed E-state index contributed by atoms with van der Waals surface area (Å²) in [6.07, 6.45) is 0. The number of anilines is 3. The van der Waals surface area contributed by atoms with Crippen molar-refractivity contribution in [3.05, 3.63) is 81.8 Å². The first-order valence-corrected chi connectivity index (χ1v) is 13.5. The number of fused-ring (bicyclic) bond motifs is 1. The van der Waals surface area contributed by atoms with Crippen LogP contribution in [0.5, 0.6) is 0 Å². The van der Waals surface area contributed by atoms with Crippen LogP contribution in [0.1, 0.15) is 52.8 Å². The summed E-state index contributed by atoms with van der Waals surface area (Å²) < 4.78 is 0. The third-order valence-electron chi connectivity index (χ3n) is 7.19. The Hall–Kier alpha value is -4.93. The number of hydrogen-bond acceptors (Lipinski definition) is 9. The Labute approximate surface area is 242 Å². The molecular weight excluding hydrogens is 540 g/mol. The standard InChI is InChI=1S/C30H27ClN8O2/c1-17-12-22(19(3)34-23-8-9-26(31)36-28(23)30(40)41)27-24(13-17)35-25(15-33)29(37-27)39-11-10-38(16-18(39)2)21-6-4-20(14-32)5-7-21/h4-9,12-13,18-19,34H,10-11,16H2,1-3H3,(H,40,41)/t18?,19-/m1/s1. The van der Waals surface area contributed by atoms with Crippen LogP contribution < -0.4 is 15.1 Å². The van der Waals surface area contributed by atoms with Crippen molar-refractivity contribution in [2.75, 3.05) is 34.8 Å². The van der Waals surface area contributed by atoms with Crippen LogP contribution in [0.4, 0.5) is 17.2 Å². The number of nitrogens with zero attached hydrogens (tertiary/aromatic N) is 7. The van der Waals surface area contributed by atoms with Gasteiger partial charge in [0.25, 0.3) is 0 Å². The van der Waals surface area contributed by atoms with E-state index in [0.717, 1.165) is 16.8 Å². The van der Waals surface area contributed by atoms with Crippen molar-refractivity contribution < 1.29 is 9.90 Å². The number of hydrogen-bond donors (Lipinski definition) is 2. The topological polar surface area (TPSA) is 142 Å². The molecule has 0 radical (unpaired) electrons. The monoisotopic (exact) mass is 566 g/mol. The summed E-state index contributed by atoms with van der Waals surface area (Å²) in [5, 5.41) is 32.1. The lowest BCUT2D eigenvalue weighted by atomic mass is 10.0. The van der Waals surface area contributed by atoms with Gasteiger partial charge in [-0.25, -0.2) is 19.7 Å². The van der Waals surface area contributed by atoms with Crippen LogP contribution >= 0.6 is 11.6 Å². The zero-order valence-electron chi connectivity index (χ0n) is 22.8. The maximum atomic E-state index is 11.8.